The number of rotatable bonds is 4. The SMILES string of the molecule is CCC(=O)OC1CCCCC1C(C)CC. The number of carbonyl (C=O) groups excluding carboxylic acids is 1. The fraction of sp³-hybridized carbons (Fsp3) is 0.923. The van der Waals surface area contributed by atoms with Crippen LogP contribution in [0.15, 0.2) is 0 Å². The molecule has 0 heterocycles. The highest BCUT2D eigenvalue weighted by atomic mass is 16.5. The first kappa shape index (κ1) is 12.5. The maximum Gasteiger partial charge on any atom is 0.305 e. The molecule has 15 heavy (non-hydrogen) atoms. The van der Waals surface area contributed by atoms with Gasteiger partial charge in [0.25, 0.3) is 0 Å². The highest BCUT2D eigenvalue weighted by Gasteiger charge is 2.31. The smallest absolute Gasteiger partial charge is 0.305 e. The normalized spacial score (nSPS) is 28.5. The highest BCUT2D eigenvalue weighted by molar-refractivity contribution is 5.69. The minimum Gasteiger partial charge on any atom is -0.462 e. The monoisotopic (exact) mass is 212 g/mol. The Hall–Kier alpha value is -0.530. The zero-order valence-corrected chi connectivity index (χ0v) is 10.3. The highest BCUT2D eigenvalue weighted by Crippen LogP contribution is 2.33. The molecule has 0 amide bonds. The first-order valence-corrected chi connectivity index (χ1v) is 6.38. The molecule has 0 saturated heterocycles. The van der Waals surface area contributed by atoms with Gasteiger partial charge in [0.1, 0.15) is 6.10 Å². The van der Waals surface area contributed by atoms with Gasteiger partial charge in [-0.2, -0.15) is 0 Å². The summed E-state index contributed by atoms with van der Waals surface area (Å²) in [5.74, 6) is 1.24. The Labute approximate surface area is 93.4 Å². The van der Waals surface area contributed by atoms with Crippen molar-refractivity contribution in [3.05, 3.63) is 0 Å². The van der Waals surface area contributed by atoms with Crippen molar-refractivity contribution in [2.24, 2.45) is 11.8 Å². The lowest BCUT2D eigenvalue weighted by atomic mass is 9.77. The molecule has 1 fully saturated rings. The van der Waals surface area contributed by atoms with Crippen LogP contribution in [0.5, 0.6) is 0 Å². The summed E-state index contributed by atoms with van der Waals surface area (Å²) >= 11 is 0. The number of hydrogen-bond acceptors (Lipinski definition) is 2. The van der Waals surface area contributed by atoms with Gasteiger partial charge in [0.05, 0.1) is 0 Å². The maximum absolute atomic E-state index is 11.3. The molecule has 0 aromatic heterocycles. The molecule has 1 rings (SSSR count). The fourth-order valence-electron chi connectivity index (χ4n) is 2.48. The molecule has 1 saturated carbocycles. The summed E-state index contributed by atoms with van der Waals surface area (Å²) in [5, 5.41) is 0. The number of esters is 1. The van der Waals surface area contributed by atoms with Gasteiger partial charge in [-0.15, -0.1) is 0 Å². The average Bonchev–Trinajstić information content (AvgIpc) is 2.28. The van der Waals surface area contributed by atoms with Gasteiger partial charge in [0.15, 0.2) is 0 Å². The lowest BCUT2D eigenvalue weighted by Gasteiger charge is -2.34. The minimum atomic E-state index is -0.0322. The van der Waals surface area contributed by atoms with Crippen LogP contribution in [0.4, 0.5) is 0 Å². The van der Waals surface area contributed by atoms with Crippen LogP contribution in [-0.4, -0.2) is 12.1 Å². The molecule has 0 aromatic carbocycles. The van der Waals surface area contributed by atoms with Crippen LogP contribution in [0.25, 0.3) is 0 Å². The molecule has 2 nitrogen and oxygen atoms in total. The average molecular weight is 212 g/mol. The van der Waals surface area contributed by atoms with Gasteiger partial charge < -0.3 is 4.74 Å². The van der Waals surface area contributed by atoms with Crippen LogP contribution in [0, 0.1) is 11.8 Å². The van der Waals surface area contributed by atoms with Crippen molar-refractivity contribution < 1.29 is 9.53 Å². The molecule has 0 spiro atoms. The number of carbonyl (C=O) groups is 1. The fourth-order valence-corrected chi connectivity index (χ4v) is 2.48. The quantitative estimate of drug-likeness (QED) is 0.666. The van der Waals surface area contributed by atoms with Crippen LogP contribution in [0.1, 0.15) is 59.3 Å². The Kier molecular flexibility index (Phi) is 5.13. The molecule has 3 atom stereocenters. The number of ether oxygens (including phenoxy) is 1. The Morgan fingerprint density at radius 2 is 2.00 bits per heavy atom. The van der Waals surface area contributed by atoms with Crippen molar-refractivity contribution in [1.29, 1.82) is 0 Å². The standard InChI is InChI=1S/C13H24O2/c1-4-10(3)11-8-6-7-9-12(11)15-13(14)5-2/h10-12H,4-9H2,1-3H3. The summed E-state index contributed by atoms with van der Waals surface area (Å²) in [6, 6.07) is 0. The molecule has 2 heteroatoms. The zero-order valence-electron chi connectivity index (χ0n) is 10.3. The predicted octanol–water partition coefficient (Wildman–Crippen LogP) is 3.54. The largest absolute Gasteiger partial charge is 0.462 e. The van der Waals surface area contributed by atoms with E-state index in [1.807, 2.05) is 6.92 Å². The molecular weight excluding hydrogens is 188 g/mol. The molecule has 3 unspecified atom stereocenters. The Morgan fingerprint density at radius 1 is 1.33 bits per heavy atom. The molecule has 1 aliphatic rings. The summed E-state index contributed by atoms with van der Waals surface area (Å²) < 4.78 is 5.54. The second-order valence-electron chi connectivity index (χ2n) is 4.72. The second kappa shape index (κ2) is 6.14. The Bertz CT molecular complexity index is 201. The van der Waals surface area contributed by atoms with Crippen LogP contribution in [0.2, 0.25) is 0 Å². The number of hydrogen-bond donors (Lipinski definition) is 0. The van der Waals surface area contributed by atoms with Gasteiger partial charge in [0.2, 0.25) is 0 Å². The molecule has 0 radical (unpaired) electrons. The minimum absolute atomic E-state index is 0.0322. The first-order valence-electron chi connectivity index (χ1n) is 6.38. The summed E-state index contributed by atoms with van der Waals surface area (Å²) in [4.78, 5) is 11.3. The molecule has 0 N–H and O–H groups in total. The third-order valence-corrected chi connectivity index (χ3v) is 3.70. The summed E-state index contributed by atoms with van der Waals surface area (Å²) in [5.41, 5.74) is 0. The van der Waals surface area contributed by atoms with Crippen molar-refractivity contribution in [2.75, 3.05) is 0 Å². The molecule has 88 valence electrons. The molecule has 0 bridgehead atoms. The van der Waals surface area contributed by atoms with E-state index in [1.54, 1.807) is 0 Å². The Morgan fingerprint density at radius 3 is 2.60 bits per heavy atom. The second-order valence-corrected chi connectivity index (χ2v) is 4.72. The van der Waals surface area contributed by atoms with E-state index in [-0.39, 0.29) is 12.1 Å². The van der Waals surface area contributed by atoms with E-state index in [0.29, 0.717) is 18.3 Å². The summed E-state index contributed by atoms with van der Waals surface area (Å²) in [7, 11) is 0. The Balaban J connectivity index is 2.53. The van der Waals surface area contributed by atoms with Gasteiger partial charge in [-0.05, 0) is 31.1 Å². The zero-order chi connectivity index (χ0) is 11.3. The third kappa shape index (κ3) is 3.51. The van der Waals surface area contributed by atoms with Crippen molar-refractivity contribution in [2.45, 2.75) is 65.4 Å². The van der Waals surface area contributed by atoms with Gasteiger partial charge >= 0.3 is 5.97 Å². The summed E-state index contributed by atoms with van der Waals surface area (Å²) in [6.45, 7) is 6.37. The van der Waals surface area contributed by atoms with E-state index < -0.39 is 0 Å². The van der Waals surface area contributed by atoms with E-state index in [1.165, 1.54) is 25.7 Å². The molecule has 0 aliphatic heterocycles. The van der Waals surface area contributed by atoms with E-state index in [9.17, 15) is 4.79 Å². The van der Waals surface area contributed by atoms with Gasteiger partial charge in [-0.3, -0.25) is 4.79 Å². The summed E-state index contributed by atoms with van der Waals surface area (Å²) in [6.07, 6.45) is 6.71. The molecule has 1 aliphatic carbocycles. The first-order chi connectivity index (χ1) is 7.19. The van der Waals surface area contributed by atoms with Crippen LogP contribution in [0.3, 0.4) is 0 Å². The van der Waals surface area contributed by atoms with Gasteiger partial charge in [-0.1, -0.05) is 33.6 Å². The lowest BCUT2D eigenvalue weighted by molar-refractivity contribution is -0.154. The van der Waals surface area contributed by atoms with Crippen molar-refractivity contribution in [3.8, 4) is 0 Å². The van der Waals surface area contributed by atoms with Crippen molar-refractivity contribution >= 4 is 5.97 Å². The predicted molar refractivity (Wildman–Crippen MR) is 61.6 cm³/mol. The van der Waals surface area contributed by atoms with Crippen molar-refractivity contribution in [3.63, 3.8) is 0 Å². The van der Waals surface area contributed by atoms with Crippen LogP contribution in [-0.2, 0) is 9.53 Å². The van der Waals surface area contributed by atoms with E-state index >= 15 is 0 Å². The topological polar surface area (TPSA) is 26.3 Å². The van der Waals surface area contributed by atoms with E-state index in [0.717, 1.165) is 6.42 Å². The van der Waals surface area contributed by atoms with Crippen molar-refractivity contribution in [1.82, 2.24) is 0 Å². The molecule has 0 aromatic rings. The van der Waals surface area contributed by atoms with E-state index in [4.69, 9.17) is 4.74 Å². The lowest BCUT2D eigenvalue weighted by Crippen LogP contribution is -2.33. The van der Waals surface area contributed by atoms with Gasteiger partial charge in [0, 0.05) is 6.42 Å². The van der Waals surface area contributed by atoms with Crippen LogP contribution < -0.4 is 0 Å². The van der Waals surface area contributed by atoms with Crippen LogP contribution >= 0.6 is 0 Å². The van der Waals surface area contributed by atoms with E-state index in [2.05, 4.69) is 13.8 Å². The third-order valence-electron chi connectivity index (χ3n) is 3.70. The molecular formula is C13H24O2. The van der Waals surface area contributed by atoms with Gasteiger partial charge in [-0.25, -0.2) is 0 Å². The maximum atomic E-state index is 11.3.